The molecule has 0 saturated carbocycles. The summed E-state index contributed by atoms with van der Waals surface area (Å²) in [4.78, 5) is 10.7. The zero-order chi connectivity index (χ0) is 15.9. The van der Waals surface area contributed by atoms with Crippen molar-refractivity contribution in [2.24, 2.45) is 0 Å². The molecule has 7 nitrogen and oxygen atoms in total. The van der Waals surface area contributed by atoms with E-state index in [0.29, 0.717) is 5.75 Å². The van der Waals surface area contributed by atoms with Gasteiger partial charge < -0.3 is 29.6 Å². The van der Waals surface area contributed by atoms with E-state index >= 15 is 0 Å². The molecule has 2 atom stereocenters. The quantitative estimate of drug-likeness (QED) is 0.675. The predicted molar refractivity (Wildman–Crippen MR) is 81.5 cm³/mol. The van der Waals surface area contributed by atoms with Crippen molar-refractivity contribution in [2.75, 3.05) is 19.8 Å². The second-order valence-electron chi connectivity index (χ2n) is 5.53. The molecule has 2 unspecified atom stereocenters. The van der Waals surface area contributed by atoms with Crippen LogP contribution in [0.1, 0.15) is 18.6 Å². The molecular formula is C13H15BBrNO6. The van der Waals surface area contributed by atoms with Gasteiger partial charge in [-0.15, -0.1) is 0 Å². The Hall–Kier alpha value is -1.29. The average Bonchev–Trinajstić information content (AvgIpc) is 2.77. The number of hydrogen-bond donors (Lipinski definition) is 3. The Labute approximate surface area is 135 Å². The van der Waals surface area contributed by atoms with Crippen molar-refractivity contribution in [1.29, 1.82) is 0 Å². The number of carboxylic acid groups (broad SMARTS) is 1. The van der Waals surface area contributed by atoms with Crippen LogP contribution in [0.3, 0.4) is 0 Å². The lowest BCUT2D eigenvalue weighted by atomic mass is 9.77. The van der Waals surface area contributed by atoms with E-state index in [0.717, 1.165) is 15.5 Å². The monoisotopic (exact) mass is 371 g/mol. The highest BCUT2D eigenvalue weighted by Gasteiger charge is 2.47. The molecule has 2 aliphatic rings. The number of halogens is 1. The lowest BCUT2D eigenvalue weighted by molar-refractivity contribution is -0.0268. The van der Waals surface area contributed by atoms with Crippen LogP contribution in [-0.4, -0.2) is 48.8 Å². The molecule has 9 heteroatoms. The first-order chi connectivity index (χ1) is 10.4. The van der Waals surface area contributed by atoms with Gasteiger partial charge in [0, 0.05) is 16.5 Å². The number of carbonyl (C=O) groups is 1. The van der Waals surface area contributed by atoms with Crippen molar-refractivity contribution < 1.29 is 29.1 Å². The van der Waals surface area contributed by atoms with Crippen LogP contribution in [-0.2, 0) is 9.31 Å². The topological polar surface area (TPSA) is 97.2 Å². The normalized spacial score (nSPS) is 26.1. The van der Waals surface area contributed by atoms with Crippen molar-refractivity contribution in [3.8, 4) is 5.75 Å². The van der Waals surface area contributed by atoms with E-state index in [-0.39, 0.29) is 19.8 Å². The standard InChI is InChI=1S/C13H15BBrNO6/c1-13(5-17)6-20-8-3-2-7(15)10-9(4-16-12(18)19)21-14(22-13)11(8)10/h2-3,9,16-17H,4-6H2,1H3,(H,18,19). The molecule has 118 valence electrons. The molecule has 0 bridgehead atoms. The maximum absolute atomic E-state index is 10.7. The fourth-order valence-electron chi connectivity index (χ4n) is 2.59. The Morgan fingerprint density at radius 3 is 3.05 bits per heavy atom. The van der Waals surface area contributed by atoms with Crippen LogP contribution in [0.4, 0.5) is 4.79 Å². The van der Waals surface area contributed by atoms with Gasteiger partial charge in [0.15, 0.2) is 0 Å². The lowest BCUT2D eigenvalue weighted by Crippen LogP contribution is -2.45. The fourth-order valence-corrected chi connectivity index (χ4v) is 3.20. The Kier molecular flexibility index (Phi) is 4.06. The summed E-state index contributed by atoms with van der Waals surface area (Å²) in [6, 6.07) is 3.63. The van der Waals surface area contributed by atoms with Crippen LogP contribution in [0.5, 0.6) is 5.75 Å². The minimum atomic E-state index is -1.12. The summed E-state index contributed by atoms with van der Waals surface area (Å²) in [5.74, 6) is 0.623. The SMILES string of the molecule is CC1(CO)COc2ccc(Br)c3c2B(OC3CNC(=O)O)O1. The summed E-state index contributed by atoms with van der Waals surface area (Å²) < 4.78 is 18.3. The van der Waals surface area contributed by atoms with Crippen LogP contribution in [0.25, 0.3) is 0 Å². The van der Waals surface area contributed by atoms with Gasteiger partial charge in [0.1, 0.15) is 18.0 Å². The first-order valence-electron chi connectivity index (χ1n) is 6.79. The van der Waals surface area contributed by atoms with Gasteiger partial charge in [-0.2, -0.15) is 0 Å². The highest BCUT2D eigenvalue weighted by molar-refractivity contribution is 9.10. The molecule has 1 amide bonds. The molecule has 0 saturated heterocycles. The minimum absolute atomic E-state index is 0.0973. The number of aliphatic hydroxyl groups is 1. The van der Waals surface area contributed by atoms with Crippen LogP contribution >= 0.6 is 15.9 Å². The van der Waals surface area contributed by atoms with Crippen molar-refractivity contribution in [2.45, 2.75) is 18.6 Å². The van der Waals surface area contributed by atoms with Crippen molar-refractivity contribution >= 4 is 34.6 Å². The van der Waals surface area contributed by atoms with Crippen molar-refractivity contribution in [3.05, 3.63) is 22.2 Å². The van der Waals surface area contributed by atoms with Gasteiger partial charge in [-0.3, -0.25) is 0 Å². The van der Waals surface area contributed by atoms with Gasteiger partial charge in [0.2, 0.25) is 0 Å². The van der Waals surface area contributed by atoms with Gasteiger partial charge in [-0.1, -0.05) is 15.9 Å². The largest absolute Gasteiger partial charge is 0.499 e. The molecular weight excluding hydrogens is 357 g/mol. The average molecular weight is 372 g/mol. The molecule has 3 N–H and O–H groups in total. The Bertz CT molecular complexity index is 614. The maximum atomic E-state index is 10.7. The Morgan fingerprint density at radius 1 is 1.59 bits per heavy atom. The number of rotatable bonds is 3. The third-order valence-electron chi connectivity index (χ3n) is 3.74. The number of ether oxygens (including phenoxy) is 1. The molecule has 0 radical (unpaired) electrons. The summed E-state index contributed by atoms with van der Waals surface area (Å²) in [7, 11) is -0.706. The second kappa shape index (κ2) is 5.73. The van der Waals surface area contributed by atoms with Crippen LogP contribution in [0, 0.1) is 0 Å². The summed E-state index contributed by atoms with van der Waals surface area (Å²) >= 11 is 3.47. The third-order valence-corrected chi connectivity index (χ3v) is 4.43. The van der Waals surface area contributed by atoms with Crippen molar-refractivity contribution in [1.82, 2.24) is 5.32 Å². The van der Waals surface area contributed by atoms with E-state index < -0.39 is 24.9 Å². The highest BCUT2D eigenvalue weighted by Crippen LogP contribution is 2.37. The fraction of sp³-hybridized carbons (Fsp3) is 0.462. The number of nitrogens with one attached hydrogen (secondary N) is 1. The molecule has 3 rings (SSSR count). The number of aliphatic hydroxyl groups excluding tert-OH is 1. The molecule has 0 aromatic heterocycles. The first kappa shape index (κ1) is 15.6. The molecule has 0 aliphatic carbocycles. The van der Waals surface area contributed by atoms with E-state index in [2.05, 4.69) is 21.2 Å². The first-order valence-corrected chi connectivity index (χ1v) is 7.59. The maximum Gasteiger partial charge on any atom is 0.499 e. The highest BCUT2D eigenvalue weighted by atomic mass is 79.9. The molecule has 1 aromatic carbocycles. The van der Waals surface area contributed by atoms with E-state index in [1.54, 1.807) is 13.0 Å². The smallest absolute Gasteiger partial charge is 0.491 e. The summed E-state index contributed by atoms with van der Waals surface area (Å²) in [5, 5.41) is 20.6. The van der Waals surface area contributed by atoms with Crippen molar-refractivity contribution in [3.63, 3.8) is 0 Å². The molecule has 1 aromatic rings. The lowest BCUT2D eigenvalue weighted by Gasteiger charge is -2.27. The van der Waals surface area contributed by atoms with Crippen LogP contribution in [0.2, 0.25) is 0 Å². The van der Waals surface area contributed by atoms with E-state index in [4.69, 9.17) is 19.2 Å². The molecule has 22 heavy (non-hydrogen) atoms. The van der Waals surface area contributed by atoms with Crippen LogP contribution in [0.15, 0.2) is 16.6 Å². The zero-order valence-corrected chi connectivity index (χ0v) is 13.4. The van der Waals surface area contributed by atoms with Crippen LogP contribution < -0.4 is 15.5 Å². The summed E-state index contributed by atoms with van der Waals surface area (Å²) in [6.07, 6.45) is -1.61. The summed E-state index contributed by atoms with van der Waals surface area (Å²) in [5.41, 5.74) is 0.657. The third kappa shape index (κ3) is 2.69. The Morgan fingerprint density at radius 2 is 2.36 bits per heavy atom. The van der Waals surface area contributed by atoms with E-state index in [9.17, 15) is 9.90 Å². The number of amides is 1. The Balaban J connectivity index is 1.98. The number of benzene rings is 1. The molecule has 0 spiro atoms. The van der Waals surface area contributed by atoms with Gasteiger partial charge in [0.25, 0.3) is 0 Å². The second-order valence-corrected chi connectivity index (χ2v) is 6.38. The van der Waals surface area contributed by atoms with E-state index in [1.165, 1.54) is 0 Å². The predicted octanol–water partition coefficient (Wildman–Crippen LogP) is 0.643. The minimum Gasteiger partial charge on any atom is -0.491 e. The van der Waals surface area contributed by atoms with Gasteiger partial charge >= 0.3 is 13.2 Å². The molecule has 2 heterocycles. The van der Waals surface area contributed by atoms with Gasteiger partial charge in [-0.05, 0) is 24.6 Å². The van der Waals surface area contributed by atoms with E-state index in [1.807, 2.05) is 6.07 Å². The molecule has 0 fully saturated rings. The number of hydrogen-bond acceptors (Lipinski definition) is 5. The van der Waals surface area contributed by atoms with Gasteiger partial charge in [0.05, 0.1) is 12.7 Å². The zero-order valence-electron chi connectivity index (χ0n) is 11.8. The summed E-state index contributed by atoms with van der Waals surface area (Å²) in [6.45, 7) is 1.82. The molecule has 2 aliphatic heterocycles. The van der Waals surface area contributed by atoms with Gasteiger partial charge in [-0.25, -0.2) is 4.79 Å².